The molecule has 9 nitrogen and oxygen atoms in total. The van der Waals surface area contributed by atoms with Gasteiger partial charge in [0.05, 0.1) is 5.02 Å². The van der Waals surface area contributed by atoms with Crippen LogP contribution in [-0.2, 0) is 17.9 Å². The molecular formula is C24H28ClN7O2. The second-order valence-electron chi connectivity index (χ2n) is 8.10. The van der Waals surface area contributed by atoms with Gasteiger partial charge in [0.2, 0.25) is 11.9 Å². The summed E-state index contributed by atoms with van der Waals surface area (Å²) in [6, 6.07) is 9.47. The lowest BCUT2D eigenvalue weighted by molar-refractivity contribution is -0.116. The normalized spacial score (nSPS) is 15.0. The topological polar surface area (TPSA) is 87.5 Å². The molecule has 10 heteroatoms. The lowest BCUT2D eigenvalue weighted by atomic mass is 10.1. The molecule has 0 N–H and O–H groups in total. The molecule has 0 radical (unpaired) electrons. The van der Waals surface area contributed by atoms with E-state index in [1.165, 1.54) is 0 Å². The van der Waals surface area contributed by atoms with Crippen molar-refractivity contribution in [1.82, 2.24) is 24.6 Å². The van der Waals surface area contributed by atoms with Crippen LogP contribution in [0.5, 0.6) is 0 Å². The summed E-state index contributed by atoms with van der Waals surface area (Å²) < 4.78 is 1.65. The Morgan fingerprint density at radius 1 is 1.03 bits per heavy atom. The van der Waals surface area contributed by atoms with Crippen LogP contribution in [-0.4, -0.2) is 62.6 Å². The van der Waals surface area contributed by atoms with Crippen molar-refractivity contribution in [3.63, 3.8) is 0 Å². The molecule has 2 amide bonds. The van der Waals surface area contributed by atoms with Crippen LogP contribution < -0.4 is 9.80 Å². The van der Waals surface area contributed by atoms with Crippen LogP contribution in [0.4, 0.5) is 11.6 Å². The molecule has 3 heterocycles. The third-order valence-electron chi connectivity index (χ3n) is 5.84. The lowest BCUT2D eigenvalue weighted by Gasteiger charge is -2.27. The molecule has 0 bridgehead atoms. The average Bonchev–Trinajstić information content (AvgIpc) is 3.22. The van der Waals surface area contributed by atoms with Crippen molar-refractivity contribution in [2.75, 3.05) is 36.0 Å². The first kappa shape index (κ1) is 23.7. The predicted molar refractivity (Wildman–Crippen MR) is 131 cm³/mol. The fourth-order valence-electron chi connectivity index (χ4n) is 4.09. The Kier molecular flexibility index (Phi) is 7.42. The summed E-state index contributed by atoms with van der Waals surface area (Å²) in [6.07, 6.45) is 5.79. The minimum Gasteiger partial charge on any atom is -0.339 e. The molecule has 34 heavy (non-hydrogen) atoms. The summed E-state index contributed by atoms with van der Waals surface area (Å²) in [5.74, 6) is 0.292. The number of anilines is 2. The summed E-state index contributed by atoms with van der Waals surface area (Å²) in [4.78, 5) is 40.5. The van der Waals surface area contributed by atoms with Crippen LogP contribution in [0, 0.1) is 0 Å². The number of halogens is 1. The monoisotopic (exact) mass is 481 g/mol. The van der Waals surface area contributed by atoms with E-state index in [1.54, 1.807) is 46.1 Å². The van der Waals surface area contributed by atoms with Crippen molar-refractivity contribution in [1.29, 1.82) is 0 Å². The first-order valence-electron chi connectivity index (χ1n) is 11.4. The van der Waals surface area contributed by atoms with Gasteiger partial charge in [-0.1, -0.05) is 29.8 Å². The first-order valence-corrected chi connectivity index (χ1v) is 11.8. The summed E-state index contributed by atoms with van der Waals surface area (Å²) in [7, 11) is 0. The Hall–Kier alpha value is -3.46. The van der Waals surface area contributed by atoms with Crippen LogP contribution in [0.25, 0.3) is 0 Å². The Balaban J connectivity index is 1.72. The molecule has 178 valence electrons. The van der Waals surface area contributed by atoms with Gasteiger partial charge in [-0.15, -0.1) is 0 Å². The van der Waals surface area contributed by atoms with Gasteiger partial charge in [0.25, 0.3) is 5.91 Å². The van der Waals surface area contributed by atoms with Gasteiger partial charge in [-0.3, -0.25) is 14.3 Å². The van der Waals surface area contributed by atoms with Crippen molar-refractivity contribution >= 4 is 35.1 Å². The van der Waals surface area contributed by atoms with Crippen LogP contribution >= 0.6 is 11.6 Å². The van der Waals surface area contributed by atoms with Crippen molar-refractivity contribution in [3.05, 3.63) is 65.2 Å². The second-order valence-corrected chi connectivity index (χ2v) is 8.50. The summed E-state index contributed by atoms with van der Waals surface area (Å²) in [6.45, 7) is 6.58. The van der Waals surface area contributed by atoms with E-state index < -0.39 is 0 Å². The summed E-state index contributed by atoms with van der Waals surface area (Å²) in [5.41, 5.74) is 1.92. The van der Waals surface area contributed by atoms with E-state index in [9.17, 15) is 9.59 Å². The van der Waals surface area contributed by atoms with Crippen molar-refractivity contribution in [2.24, 2.45) is 0 Å². The number of carbonyl (C=O) groups excluding carboxylic acids is 2. The SMILES string of the molecule is CCn1cc(Cl)c(C(=O)N2CCN(c3ncccn3)CCCN(C(C)=O)c3ccccc3C2)n1. The number of hydrogen-bond acceptors (Lipinski definition) is 6. The third-order valence-corrected chi connectivity index (χ3v) is 6.12. The Morgan fingerprint density at radius 2 is 1.79 bits per heavy atom. The Labute approximate surface area is 204 Å². The van der Waals surface area contributed by atoms with E-state index in [-0.39, 0.29) is 17.5 Å². The van der Waals surface area contributed by atoms with Crippen LogP contribution in [0.15, 0.2) is 48.9 Å². The highest BCUT2D eigenvalue weighted by Crippen LogP contribution is 2.25. The highest BCUT2D eigenvalue weighted by atomic mass is 35.5. The van der Waals surface area contributed by atoms with Gasteiger partial charge in [-0.05, 0) is 31.0 Å². The summed E-state index contributed by atoms with van der Waals surface area (Å²) in [5, 5.41) is 4.71. The minimum absolute atomic E-state index is 0.0446. The molecule has 0 unspecified atom stereocenters. The Morgan fingerprint density at radius 3 is 2.50 bits per heavy atom. The smallest absolute Gasteiger partial charge is 0.276 e. The van der Waals surface area contributed by atoms with E-state index in [4.69, 9.17) is 11.6 Å². The fraction of sp³-hybridized carbons (Fsp3) is 0.375. The van der Waals surface area contributed by atoms with Crippen LogP contribution in [0.3, 0.4) is 0 Å². The average molecular weight is 482 g/mol. The molecule has 1 aliphatic heterocycles. The van der Waals surface area contributed by atoms with Crippen LogP contribution in [0.2, 0.25) is 5.02 Å². The molecule has 1 aromatic carbocycles. The highest BCUT2D eigenvalue weighted by Gasteiger charge is 2.26. The number of hydrogen-bond donors (Lipinski definition) is 0. The molecule has 0 aliphatic carbocycles. The van der Waals surface area contributed by atoms with Crippen molar-refractivity contribution < 1.29 is 9.59 Å². The molecule has 2 aromatic heterocycles. The largest absolute Gasteiger partial charge is 0.339 e. The van der Waals surface area contributed by atoms with Gasteiger partial charge in [0.15, 0.2) is 5.69 Å². The van der Waals surface area contributed by atoms with E-state index in [0.717, 1.165) is 17.7 Å². The number of fused-ring (bicyclic) bond motifs is 1. The van der Waals surface area contributed by atoms with E-state index >= 15 is 0 Å². The van der Waals surface area contributed by atoms with Gasteiger partial charge >= 0.3 is 0 Å². The maximum atomic E-state index is 13.6. The molecule has 1 aliphatic rings. The quantitative estimate of drug-likeness (QED) is 0.570. The number of rotatable bonds is 3. The number of aryl methyl sites for hydroxylation is 1. The molecule has 0 saturated heterocycles. The van der Waals surface area contributed by atoms with E-state index in [1.807, 2.05) is 36.1 Å². The lowest BCUT2D eigenvalue weighted by Crippen LogP contribution is -2.39. The Bertz CT molecular complexity index is 1150. The number of benzene rings is 1. The third kappa shape index (κ3) is 5.20. The second kappa shape index (κ2) is 10.6. The fourth-order valence-corrected chi connectivity index (χ4v) is 4.33. The standard InChI is InChI=1S/C24H28ClN7O2/c1-3-31-17-20(25)22(28-31)23(34)30-15-14-29(24-26-10-6-11-27-24)12-7-13-32(18(2)33)21-9-5-4-8-19(21)16-30/h4-6,8-11,17H,3,7,12-16H2,1-2H3. The molecule has 0 fully saturated rings. The number of carbonyl (C=O) groups is 2. The molecule has 4 rings (SSSR count). The first-order chi connectivity index (χ1) is 16.5. The predicted octanol–water partition coefficient (Wildman–Crippen LogP) is 3.25. The van der Waals surface area contributed by atoms with Crippen molar-refractivity contribution in [2.45, 2.75) is 33.4 Å². The van der Waals surface area contributed by atoms with Gasteiger partial charge in [-0.2, -0.15) is 5.10 Å². The number of amides is 2. The number of nitrogens with zero attached hydrogens (tertiary/aromatic N) is 7. The van der Waals surface area contributed by atoms with E-state index in [0.29, 0.717) is 50.2 Å². The molecular weight excluding hydrogens is 454 g/mol. The zero-order valence-corrected chi connectivity index (χ0v) is 20.1. The molecule has 0 atom stereocenters. The number of aromatic nitrogens is 4. The van der Waals surface area contributed by atoms with Gasteiger partial charge in [-0.25, -0.2) is 9.97 Å². The van der Waals surface area contributed by atoms with Crippen LogP contribution in [0.1, 0.15) is 36.3 Å². The molecule has 0 saturated carbocycles. The number of para-hydroxylation sites is 1. The minimum atomic E-state index is -0.255. The van der Waals surface area contributed by atoms with Gasteiger partial charge < -0.3 is 14.7 Å². The highest BCUT2D eigenvalue weighted by molar-refractivity contribution is 6.33. The zero-order chi connectivity index (χ0) is 24.1. The molecule has 3 aromatic rings. The zero-order valence-electron chi connectivity index (χ0n) is 19.4. The van der Waals surface area contributed by atoms with Crippen molar-refractivity contribution in [3.8, 4) is 0 Å². The van der Waals surface area contributed by atoms with E-state index in [2.05, 4.69) is 15.1 Å². The molecule has 0 spiro atoms. The van der Waals surface area contributed by atoms with Gasteiger partial charge in [0.1, 0.15) is 0 Å². The summed E-state index contributed by atoms with van der Waals surface area (Å²) >= 11 is 6.37. The maximum Gasteiger partial charge on any atom is 0.276 e. The maximum absolute atomic E-state index is 13.6. The van der Waals surface area contributed by atoms with Gasteiger partial charge in [0, 0.05) is 70.5 Å².